The minimum atomic E-state index is -0.331. The van der Waals surface area contributed by atoms with Crippen molar-refractivity contribution in [3.63, 3.8) is 0 Å². The van der Waals surface area contributed by atoms with Crippen molar-refractivity contribution in [2.24, 2.45) is 5.73 Å². The number of hydrogen-bond donors (Lipinski definition) is 2. The van der Waals surface area contributed by atoms with Crippen LogP contribution in [0.1, 0.15) is 19.8 Å². The van der Waals surface area contributed by atoms with Gasteiger partial charge in [0.1, 0.15) is 0 Å². The first-order valence-electron chi connectivity index (χ1n) is 4.85. The molecule has 0 spiro atoms. The van der Waals surface area contributed by atoms with Gasteiger partial charge in [0, 0.05) is 18.8 Å². The zero-order valence-electron chi connectivity index (χ0n) is 8.33. The Morgan fingerprint density at radius 1 is 1.64 bits per heavy atom. The van der Waals surface area contributed by atoms with Crippen molar-refractivity contribution in [1.82, 2.24) is 4.98 Å². The number of rotatable bonds is 5. The average Bonchev–Trinajstić information content (AvgIpc) is 2.20. The van der Waals surface area contributed by atoms with Crippen molar-refractivity contribution in [3.05, 3.63) is 24.1 Å². The second kappa shape index (κ2) is 5.54. The summed E-state index contributed by atoms with van der Waals surface area (Å²) in [5.74, 6) is -0.0431. The van der Waals surface area contributed by atoms with E-state index in [0.717, 1.165) is 12.8 Å². The van der Waals surface area contributed by atoms with Crippen LogP contribution in [0.5, 0.6) is 0 Å². The lowest BCUT2D eigenvalue weighted by Gasteiger charge is -2.16. The Balaban J connectivity index is 2.62. The molecule has 0 aliphatic rings. The van der Waals surface area contributed by atoms with Gasteiger partial charge < -0.3 is 11.1 Å². The lowest BCUT2D eigenvalue weighted by molar-refractivity contribution is 0.604. The maximum absolute atomic E-state index is 13.2. The van der Waals surface area contributed by atoms with E-state index < -0.39 is 0 Å². The van der Waals surface area contributed by atoms with Crippen molar-refractivity contribution in [2.45, 2.75) is 25.8 Å². The van der Waals surface area contributed by atoms with Crippen LogP contribution < -0.4 is 11.1 Å². The van der Waals surface area contributed by atoms with E-state index in [0.29, 0.717) is 6.54 Å². The average molecular weight is 197 g/mol. The third-order valence-electron chi connectivity index (χ3n) is 2.02. The molecule has 3 nitrogen and oxygen atoms in total. The molecule has 1 aromatic heterocycles. The van der Waals surface area contributed by atoms with Gasteiger partial charge in [-0.25, -0.2) is 9.37 Å². The molecule has 1 unspecified atom stereocenters. The van der Waals surface area contributed by atoms with E-state index in [2.05, 4.69) is 17.2 Å². The number of aromatic nitrogens is 1. The summed E-state index contributed by atoms with van der Waals surface area (Å²) in [6.07, 6.45) is 3.50. The van der Waals surface area contributed by atoms with Gasteiger partial charge in [-0.05, 0) is 18.6 Å². The molecule has 3 N–H and O–H groups in total. The Morgan fingerprint density at radius 3 is 3.00 bits per heavy atom. The first-order chi connectivity index (χ1) is 6.77. The van der Waals surface area contributed by atoms with Gasteiger partial charge in [0.2, 0.25) is 0 Å². The van der Waals surface area contributed by atoms with Crippen LogP contribution >= 0.6 is 0 Å². The topological polar surface area (TPSA) is 50.9 Å². The quantitative estimate of drug-likeness (QED) is 0.756. The molecule has 4 heteroatoms. The molecule has 1 rings (SSSR count). The Hall–Kier alpha value is -1.16. The fraction of sp³-hybridized carbons (Fsp3) is 0.500. The number of nitrogens with two attached hydrogens (primary N) is 1. The fourth-order valence-electron chi connectivity index (χ4n) is 1.28. The molecule has 0 aromatic carbocycles. The predicted octanol–water partition coefficient (Wildman–Crippen LogP) is 1.76. The normalized spacial score (nSPS) is 12.5. The first-order valence-corrected chi connectivity index (χ1v) is 4.85. The van der Waals surface area contributed by atoms with E-state index in [1.54, 1.807) is 12.3 Å². The SMILES string of the molecule is CCCC(CN)Nc1ncccc1F. The van der Waals surface area contributed by atoms with E-state index in [-0.39, 0.29) is 17.7 Å². The van der Waals surface area contributed by atoms with E-state index >= 15 is 0 Å². The van der Waals surface area contributed by atoms with Gasteiger partial charge in [-0.15, -0.1) is 0 Å². The lowest BCUT2D eigenvalue weighted by atomic mass is 10.1. The fourth-order valence-corrected chi connectivity index (χ4v) is 1.28. The molecule has 0 aliphatic carbocycles. The van der Waals surface area contributed by atoms with Crippen molar-refractivity contribution < 1.29 is 4.39 Å². The number of nitrogens with zero attached hydrogens (tertiary/aromatic N) is 1. The van der Waals surface area contributed by atoms with Gasteiger partial charge in [0.05, 0.1) is 0 Å². The summed E-state index contributed by atoms with van der Waals surface area (Å²) in [4.78, 5) is 3.91. The molecule has 0 amide bonds. The van der Waals surface area contributed by atoms with Crippen molar-refractivity contribution in [1.29, 1.82) is 0 Å². The highest BCUT2D eigenvalue weighted by atomic mass is 19.1. The minimum absolute atomic E-state index is 0.101. The molecule has 1 aromatic rings. The molecular formula is C10H16FN3. The molecular weight excluding hydrogens is 181 g/mol. The number of halogens is 1. The van der Waals surface area contributed by atoms with Crippen LogP contribution in [0.4, 0.5) is 10.2 Å². The van der Waals surface area contributed by atoms with E-state index in [1.807, 2.05) is 0 Å². The van der Waals surface area contributed by atoms with Gasteiger partial charge >= 0.3 is 0 Å². The Kier molecular flexibility index (Phi) is 4.32. The smallest absolute Gasteiger partial charge is 0.165 e. The van der Waals surface area contributed by atoms with Gasteiger partial charge in [-0.2, -0.15) is 0 Å². The molecule has 14 heavy (non-hydrogen) atoms. The standard InChI is InChI=1S/C10H16FN3/c1-2-4-8(7-12)14-10-9(11)5-3-6-13-10/h3,5-6,8H,2,4,7,12H2,1H3,(H,13,14). The van der Waals surface area contributed by atoms with Crippen LogP contribution in [-0.4, -0.2) is 17.6 Å². The van der Waals surface area contributed by atoms with Crippen LogP contribution in [0.2, 0.25) is 0 Å². The number of pyridine rings is 1. The van der Waals surface area contributed by atoms with Crippen LogP contribution in [0.25, 0.3) is 0 Å². The largest absolute Gasteiger partial charge is 0.364 e. The maximum atomic E-state index is 13.2. The summed E-state index contributed by atoms with van der Waals surface area (Å²) < 4.78 is 13.2. The highest BCUT2D eigenvalue weighted by Gasteiger charge is 2.08. The monoisotopic (exact) mass is 197 g/mol. The van der Waals surface area contributed by atoms with Crippen LogP contribution in [-0.2, 0) is 0 Å². The Morgan fingerprint density at radius 2 is 2.43 bits per heavy atom. The summed E-state index contributed by atoms with van der Waals surface area (Å²) in [7, 11) is 0. The van der Waals surface area contributed by atoms with Crippen molar-refractivity contribution in [2.75, 3.05) is 11.9 Å². The first kappa shape index (κ1) is 10.9. The summed E-state index contributed by atoms with van der Waals surface area (Å²) in [6, 6.07) is 3.05. The Bertz CT molecular complexity index is 278. The third kappa shape index (κ3) is 2.96. The summed E-state index contributed by atoms with van der Waals surface area (Å²) in [5.41, 5.74) is 5.54. The van der Waals surface area contributed by atoms with Crippen LogP contribution in [0, 0.1) is 5.82 Å². The molecule has 0 bridgehead atoms. The Labute approximate surface area is 83.5 Å². The second-order valence-electron chi connectivity index (χ2n) is 3.20. The highest BCUT2D eigenvalue weighted by Crippen LogP contribution is 2.11. The molecule has 78 valence electrons. The van der Waals surface area contributed by atoms with E-state index in [9.17, 15) is 4.39 Å². The molecule has 0 saturated heterocycles. The lowest BCUT2D eigenvalue weighted by Crippen LogP contribution is -2.29. The summed E-state index contributed by atoms with van der Waals surface area (Å²) in [5, 5.41) is 2.99. The van der Waals surface area contributed by atoms with Crippen LogP contribution in [0.3, 0.4) is 0 Å². The summed E-state index contributed by atoms with van der Waals surface area (Å²) in [6.45, 7) is 2.56. The van der Waals surface area contributed by atoms with Gasteiger partial charge in [0.15, 0.2) is 11.6 Å². The highest BCUT2D eigenvalue weighted by molar-refractivity contribution is 5.36. The molecule has 1 heterocycles. The molecule has 0 saturated carbocycles. The number of nitrogens with one attached hydrogen (secondary N) is 1. The summed E-state index contributed by atoms with van der Waals surface area (Å²) >= 11 is 0. The van der Waals surface area contributed by atoms with E-state index in [4.69, 9.17) is 5.73 Å². The number of hydrogen-bond acceptors (Lipinski definition) is 3. The second-order valence-corrected chi connectivity index (χ2v) is 3.20. The van der Waals surface area contributed by atoms with Gasteiger partial charge in [0.25, 0.3) is 0 Å². The van der Waals surface area contributed by atoms with E-state index in [1.165, 1.54) is 6.07 Å². The molecule has 0 fully saturated rings. The number of anilines is 1. The predicted molar refractivity (Wildman–Crippen MR) is 55.6 cm³/mol. The zero-order chi connectivity index (χ0) is 10.4. The molecule has 0 radical (unpaired) electrons. The third-order valence-corrected chi connectivity index (χ3v) is 2.02. The molecule has 1 atom stereocenters. The van der Waals surface area contributed by atoms with Crippen molar-refractivity contribution in [3.8, 4) is 0 Å². The van der Waals surface area contributed by atoms with Crippen molar-refractivity contribution >= 4 is 5.82 Å². The van der Waals surface area contributed by atoms with Crippen LogP contribution in [0.15, 0.2) is 18.3 Å². The van der Waals surface area contributed by atoms with Gasteiger partial charge in [-0.3, -0.25) is 0 Å². The maximum Gasteiger partial charge on any atom is 0.165 e. The minimum Gasteiger partial charge on any atom is -0.364 e. The molecule has 0 aliphatic heterocycles. The zero-order valence-corrected chi connectivity index (χ0v) is 8.33. The van der Waals surface area contributed by atoms with Gasteiger partial charge in [-0.1, -0.05) is 13.3 Å².